The molecule has 0 aliphatic heterocycles. The predicted octanol–water partition coefficient (Wildman–Crippen LogP) is 3.95. The van der Waals surface area contributed by atoms with E-state index < -0.39 is 28.5 Å². The van der Waals surface area contributed by atoms with Gasteiger partial charge in [0.05, 0.1) is 19.1 Å². The quantitative estimate of drug-likeness (QED) is 0.370. The summed E-state index contributed by atoms with van der Waals surface area (Å²) in [5.74, 6) is -0.0474. The number of nitrogens with one attached hydrogen (secondary N) is 1. The van der Waals surface area contributed by atoms with Gasteiger partial charge in [-0.25, -0.2) is 8.42 Å². The fourth-order valence-electron chi connectivity index (χ4n) is 3.60. The summed E-state index contributed by atoms with van der Waals surface area (Å²) in [5, 5.41) is 2.91. The second-order valence-corrected chi connectivity index (χ2v) is 11.0. The van der Waals surface area contributed by atoms with E-state index >= 15 is 0 Å². The number of unbranched alkanes of at least 4 members (excludes halogenated alkanes) is 1. The molecule has 8 nitrogen and oxygen atoms in total. The van der Waals surface area contributed by atoms with Crippen LogP contribution in [0.15, 0.2) is 53.0 Å². The molecule has 2 aromatic rings. The van der Waals surface area contributed by atoms with Crippen LogP contribution >= 0.6 is 15.9 Å². The van der Waals surface area contributed by atoms with Gasteiger partial charge in [0.25, 0.3) is 0 Å². The van der Waals surface area contributed by atoms with Crippen molar-refractivity contribution in [1.82, 2.24) is 10.2 Å². The van der Waals surface area contributed by atoms with E-state index in [0.717, 1.165) is 29.0 Å². The first kappa shape index (κ1) is 28.6. The van der Waals surface area contributed by atoms with Crippen molar-refractivity contribution in [3.05, 3.63) is 58.6 Å². The minimum absolute atomic E-state index is 0.151. The first-order valence-electron chi connectivity index (χ1n) is 11.5. The fourth-order valence-corrected chi connectivity index (χ4v) is 4.83. The van der Waals surface area contributed by atoms with E-state index in [9.17, 15) is 18.0 Å². The molecule has 2 rings (SSSR count). The van der Waals surface area contributed by atoms with Crippen molar-refractivity contribution >= 4 is 43.5 Å². The summed E-state index contributed by atoms with van der Waals surface area (Å²) < 4.78 is 32.2. The predicted molar refractivity (Wildman–Crippen MR) is 142 cm³/mol. The average Bonchev–Trinajstić information content (AvgIpc) is 2.82. The SMILES string of the molecule is CCCCNC(=O)[C@@H](CC)N(Cc1ccc(OC)cc1)C(=O)CN(c1cccc(Br)c1)S(C)(=O)=O. The molecule has 0 aliphatic rings. The van der Waals surface area contributed by atoms with Crippen molar-refractivity contribution in [2.45, 2.75) is 45.7 Å². The molecule has 0 saturated carbocycles. The second kappa shape index (κ2) is 13.5. The number of hydrogen-bond donors (Lipinski definition) is 1. The van der Waals surface area contributed by atoms with Crippen LogP contribution in [-0.2, 0) is 26.2 Å². The molecule has 2 amide bonds. The molecule has 0 saturated heterocycles. The van der Waals surface area contributed by atoms with E-state index in [1.165, 1.54) is 4.90 Å². The van der Waals surface area contributed by atoms with E-state index in [-0.39, 0.29) is 12.5 Å². The van der Waals surface area contributed by atoms with Gasteiger partial charge in [-0.3, -0.25) is 13.9 Å². The number of sulfonamides is 1. The van der Waals surface area contributed by atoms with Crippen LogP contribution in [0.5, 0.6) is 5.75 Å². The number of anilines is 1. The second-order valence-electron chi connectivity index (χ2n) is 8.19. The highest BCUT2D eigenvalue weighted by atomic mass is 79.9. The molecule has 0 unspecified atom stereocenters. The molecule has 0 aromatic heterocycles. The van der Waals surface area contributed by atoms with E-state index in [1.807, 2.05) is 26.0 Å². The van der Waals surface area contributed by atoms with Crippen molar-refractivity contribution < 1.29 is 22.7 Å². The summed E-state index contributed by atoms with van der Waals surface area (Å²) in [4.78, 5) is 28.1. The third-order valence-corrected chi connectivity index (χ3v) is 7.14. The average molecular weight is 569 g/mol. The molecule has 0 fully saturated rings. The summed E-state index contributed by atoms with van der Waals surface area (Å²) in [7, 11) is -2.20. The lowest BCUT2D eigenvalue weighted by molar-refractivity contribution is -0.140. The van der Waals surface area contributed by atoms with Gasteiger partial charge >= 0.3 is 0 Å². The van der Waals surface area contributed by atoms with Crippen molar-refractivity contribution in [3.8, 4) is 5.75 Å². The van der Waals surface area contributed by atoms with Crippen LogP contribution in [0.2, 0.25) is 0 Å². The summed E-state index contributed by atoms with van der Waals surface area (Å²) in [6.45, 7) is 4.11. The third-order valence-electron chi connectivity index (χ3n) is 5.50. The van der Waals surface area contributed by atoms with Gasteiger partial charge in [0.1, 0.15) is 18.3 Å². The lowest BCUT2D eigenvalue weighted by atomic mass is 10.1. The van der Waals surface area contributed by atoms with Gasteiger partial charge in [0.2, 0.25) is 21.8 Å². The Morgan fingerprint density at radius 1 is 1.11 bits per heavy atom. The highest BCUT2D eigenvalue weighted by Crippen LogP contribution is 2.23. The van der Waals surface area contributed by atoms with Gasteiger partial charge in [-0.05, 0) is 48.7 Å². The molecule has 10 heteroatoms. The maximum Gasteiger partial charge on any atom is 0.244 e. The van der Waals surface area contributed by atoms with Gasteiger partial charge in [0.15, 0.2) is 0 Å². The lowest BCUT2D eigenvalue weighted by Crippen LogP contribution is -2.52. The smallest absolute Gasteiger partial charge is 0.244 e. The molecular weight excluding hydrogens is 534 g/mol. The third kappa shape index (κ3) is 8.54. The van der Waals surface area contributed by atoms with Crippen LogP contribution in [0.4, 0.5) is 5.69 Å². The number of amides is 2. The Morgan fingerprint density at radius 3 is 2.34 bits per heavy atom. The first-order valence-corrected chi connectivity index (χ1v) is 14.2. The number of nitrogens with zero attached hydrogens (tertiary/aromatic N) is 2. The lowest BCUT2D eigenvalue weighted by Gasteiger charge is -2.33. The molecule has 0 bridgehead atoms. The summed E-state index contributed by atoms with van der Waals surface area (Å²) in [5.41, 5.74) is 1.16. The number of methoxy groups -OCH3 is 1. The minimum atomic E-state index is -3.77. The molecule has 0 spiro atoms. The van der Waals surface area contributed by atoms with E-state index in [1.54, 1.807) is 43.5 Å². The molecule has 35 heavy (non-hydrogen) atoms. The number of halogens is 1. The Bertz CT molecular complexity index is 1090. The maximum atomic E-state index is 13.6. The van der Waals surface area contributed by atoms with E-state index in [0.29, 0.717) is 28.9 Å². The summed E-state index contributed by atoms with van der Waals surface area (Å²) >= 11 is 3.35. The Labute approximate surface area is 216 Å². The Morgan fingerprint density at radius 2 is 1.80 bits per heavy atom. The Balaban J connectivity index is 2.39. The van der Waals surface area contributed by atoms with Crippen LogP contribution in [0.1, 0.15) is 38.7 Å². The normalized spacial score (nSPS) is 12.0. The molecule has 0 radical (unpaired) electrons. The highest BCUT2D eigenvalue weighted by Gasteiger charge is 2.31. The minimum Gasteiger partial charge on any atom is -0.497 e. The Hall–Kier alpha value is -2.59. The van der Waals surface area contributed by atoms with Gasteiger partial charge in [-0.15, -0.1) is 0 Å². The van der Waals surface area contributed by atoms with Crippen molar-refractivity contribution in [3.63, 3.8) is 0 Å². The van der Waals surface area contributed by atoms with Crippen LogP contribution < -0.4 is 14.4 Å². The van der Waals surface area contributed by atoms with Crippen molar-refractivity contribution in [2.75, 3.05) is 30.8 Å². The molecule has 0 aliphatic carbocycles. The number of benzene rings is 2. The van der Waals surface area contributed by atoms with Gasteiger partial charge in [-0.2, -0.15) is 0 Å². The zero-order valence-electron chi connectivity index (χ0n) is 20.7. The fraction of sp³-hybridized carbons (Fsp3) is 0.440. The maximum absolute atomic E-state index is 13.6. The molecule has 1 N–H and O–H groups in total. The molecule has 1 atom stereocenters. The number of rotatable bonds is 13. The van der Waals surface area contributed by atoms with Gasteiger partial charge < -0.3 is 15.0 Å². The molecule has 192 valence electrons. The summed E-state index contributed by atoms with van der Waals surface area (Å²) in [6, 6.07) is 13.2. The van der Waals surface area contributed by atoms with Crippen LogP contribution in [-0.4, -0.2) is 57.6 Å². The van der Waals surface area contributed by atoms with Crippen LogP contribution in [0, 0.1) is 0 Å². The van der Waals surface area contributed by atoms with Crippen molar-refractivity contribution in [2.24, 2.45) is 0 Å². The number of ether oxygens (including phenoxy) is 1. The number of carbonyl (C=O) groups excluding carboxylic acids is 2. The van der Waals surface area contributed by atoms with E-state index in [2.05, 4.69) is 21.2 Å². The summed E-state index contributed by atoms with van der Waals surface area (Å²) in [6.07, 6.45) is 3.21. The van der Waals surface area contributed by atoms with Gasteiger partial charge in [0, 0.05) is 17.6 Å². The molecule has 0 heterocycles. The number of carbonyl (C=O) groups is 2. The topological polar surface area (TPSA) is 96.0 Å². The van der Waals surface area contributed by atoms with Crippen LogP contribution in [0.3, 0.4) is 0 Å². The molecular formula is C25H34BrN3O5S. The molecule has 2 aromatic carbocycles. The largest absolute Gasteiger partial charge is 0.497 e. The Kier molecular flexibility index (Phi) is 11.0. The van der Waals surface area contributed by atoms with Crippen LogP contribution in [0.25, 0.3) is 0 Å². The zero-order chi connectivity index (χ0) is 26.0. The van der Waals surface area contributed by atoms with Crippen molar-refractivity contribution in [1.29, 1.82) is 0 Å². The van der Waals surface area contributed by atoms with E-state index in [4.69, 9.17) is 4.74 Å². The zero-order valence-corrected chi connectivity index (χ0v) is 23.1. The standard InChI is InChI=1S/C25H34BrN3O5S/c1-5-7-15-27-25(31)23(6-2)28(17-19-11-13-22(34-3)14-12-19)24(30)18-29(35(4,32)33)21-10-8-9-20(26)16-21/h8-14,16,23H,5-7,15,17-18H2,1-4H3,(H,27,31)/t23-/m1/s1. The highest BCUT2D eigenvalue weighted by molar-refractivity contribution is 9.10. The monoisotopic (exact) mass is 567 g/mol. The first-order chi connectivity index (χ1) is 16.6. The van der Waals surface area contributed by atoms with Gasteiger partial charge in [-0.1, -0.05) is 54.4 Å². The number of hydrogen-bond acceptors (Lipinski definition) is 5.